The molecule has 1 saturated heterocycles. The number of nitrogens with zero attached hydrogens (tertiary/aromatic N) is 1. The summed E-state index contributed by atoms with van der Waals surface area (Å²) >= 11 is 0. The molecule has 1 N–H and O–H groups in total. The third-order valence-electron chi connectivity index (χ3n) is 5.34. The smallest absolute Gasteiger partial charge is 0.206 e. The number of rotatable bonds is 3. The minimum absolute atomic E-state index is 0.376. The maximum atomic E-state index is 12.9. The Morgan fingerprint density at radius 3 is 2.56 bits per heavy atom. The monoisotopic (exact) mass is 356 g/mol. The largest absolute Gasteiger partial charge is 0.368 e. The number of anilines is 1. The molecule has 2 aromatic rings. The number of sulfone groups is 1. The van der Waals surface area contributed by atoms with Crippen LogP contribution < -0.4 is 10.2 Å². The highest BCUT2D eigenvalue weighted by atomic mass is 32.2. The predicted molar refractivity (Wildman–Crippen MR) is 100 cm³/mol. The molecule has 0 radical (unpaired) electrons. The fourth-order valence-electron chi connectivity index (χ4n) is 3.99. The van der Waals surface area contributed by atoms with Crippen molar-refractivity contribution in [3.8, 4) is 0 Å². The van der Waals surface area contributed by atoms with E-state index in [2.05, 4.69) is 10.2 Å². The summed E-state index contributed by atoms with van der Waals surface area (Å²) in [5.41, 5.74) is 3.33. The summed E-state index contributed by atoms with van der Waals surface area (Å²) in [5.74, 6) is 0. The number of hydrogen-bond donors (Lipinski definition) is 1. The van der Waals surface area contributed by atoms with Crippen molar-refractivity contribution in [2.45, 2.75) is 42.0 Å². The lowest BCUT2D eigenvalue weighted by atomic mass is 10.0. The lowest BCUT2D eigenvalue weighted by molar-refractivity contribution is 0.435. The summed E-state index contributed by atoms with van der Waals surface area (Å²) in [4.78, 5) is 3.25. The van der Waals surface area contributed by atoms with E-state index < -0.39 is 9.84 Å². The quantitative estimate of drug-likeness (QED) is 0.919. The Labute approximate surface area is 149 Å². The van der Waals surface area contributed by atoms with Crippen LogP contribution in [-0.2, 0) is 16.3 Å². The van der Waals surface area contributed by atoms with Crippen molar-refractivity contribution < 1.29 is 8.42 Å². The van der Waals surface area contributed by atoms with Crippen molar-refractivity contribution >= 4 is 15.5 Å². The summed E-state index contributed by atoms with van der Waals surface area (Å²) in [6.07, 6.45) is 3.24. The van der Waals surface area contributed by atoms with Crippen molar-refractivity contribution in [1.29, 1.82) is 0 Å². The number of hydrogen-bond acceptors (Lipinski definition) is 4. The van der Waals surface area contributed by atoms with E-state index in [1.165, 1.54) is 5.69 Å². The molecule has 132 valence electrons. The summed E-state index contributed by atoms with van der Waals surface area (Å²) < 4.78 is 25.9. The number of benzene rings is 2. The van der Waals surface area contributed by atoms with Crippen molar-refractivity contribution in [1.82, 2.24) is 5.32 Å². The lowest BCUT2D eigenvalue weighted by Gasteiger charge is -2.33. The molecular formula is C20H24N2O2S. The summed E-state index contributed by atoms with van der Waals surface area (Å²) in [6.45, 7) is 5.04. The van der Waals surface area contributed by atoms with Gasteiger partial charge >= 0.3 is 0 Å². The van der Waals surface area contributed by atoms with Crippen molar-refractivity contribution in [2.75, 3.05) is 24.5 Å². The van der Waals surface area contributed by atoms with E-state index in [1.807, 2.05) is 25.1 Å². The topological polar surface area (TPSA) is 49.4 Å². The van der Waals surface area contributed by atoms with Crippen LogP contribution in [0.2, 0.25) is 0 Å². The minimum Gasteiger partial charge on any atom is -0.368 e. The summed E-state index contributed by atoms with van der Waals surface area (Å²) in [7, 11) is -3.45. The van der Waals surface area contributed by atoms with E-state index in [0.29, 0.717) is 15.8 Å². The zero-order chi connectivity index (χ0) is 17.4. The molecule has 0 spiro atoms. The highest BCUT2D eigenvalue weighted by Gasteiger charge is 2.28. The number of fused-ring (bicyclic) bond motifs is 1. The Morgan fingerprint density at radius 1 is 1.04 bits per heavy atom. The van der Waals surface area contributed by atoms with Gasteiger partial charge in [-0.1, -0.05) is 12.1 Å². The van der Waals surface area contributed by atoms with Crippen LogP contribution in [0.4, 0.5) is 5.69 Å². The first-order chi connectivity index (χ1) is 12.1. The number of aryl methyl sites for hydroxylation is 1. The fraction of sp³-hybridized carbons (Fsp3) is 0.400. The van der Waals surface area contributed by atoms with E-state index >= 15 is 0 Å². The van der Waals surface area contributed by atoms with Gasteiger partial charge in [0.25, 0.3) is 0 Å². The first-order valence-corrected chi connectivity index (χ1v) is 10.5. The third-order valence-corrected chi connectivity index (χ3v) is 7.09. The van der Waals surface area contributed by atoms with Gasteiger partial charge in [0.05, 0.1) is 9.79 Å². The number of piperidine rings is 1. The normalized spacial score (nSPS) is 18.4. The van der Waals surface area contributed by atoms with Gasteiger partial charge in [0.1, 0.15) is 0 Å². The molecule has 4 rings (SSSR count). The van der Waals surface area contributed by atoms with Gasteiger partial charge in [-0.2, -0.15) is 0 Å². The first-order valence-electron chi connectivity index (χ1n) is 8.98. The molecule has 2 heterocycles. The van der Waals surface area contributed by atoms with Gasteiger partial charge in [-0.15, -0.1) is 0 Å². The van der Waals surface area contributed by atoms with Gasteiger partial charge in [-0.25, -0.2) is 8.42 Å². The average molecular weight is 356 g/mol. The molecule has 5 heteroatoms. The van der Waals surface area contributed by atoms with Crippen LogP contribution in [-0.4, -0.2) is 34.1 Å². The SMILES string of the molecule is Cc1cccc(S(=O)(=O)c2ccc3c(c2)CCN3C2CCNCC2)c1. The van der Waals surface area contributed by atoms with Crippen LogP contribution in [0.15, 0.2) is 52.3 Å². The van der Waals surface area contributed by atoms with Gasteiger partial charge in [0, 0.05) is 18.3 Å². The average Bonchev–Trinajstić information content (AvgIpc) is 3.05. The van der Waals surface area contributed by atoms with Crippen LogP contribution in [0.25, 0.3) is 0 Å². The molecule has 0 amide bonds. The zero-order valence-corrected chi connectivity index (χ0v) is 15.3. The van der Waals surface area contributed by atoms with Gasteiger partial charge in [-0.05, 0) is 80.7 Å². The zero-order valence-electron chi connectivity index (χ0n) is 14.5. The van der Waals surface area contributed by atoms with E-state index in [0.717, 1.165) is 50.0 Å². The van der Waals surface area contributed by atoms with E-state index in [-0.39, 0.29) is 0 Å². The maximum absolute atomic E-state index is 12.9. The molecule has 0 aliphatic carbocycles. The molecule has 0 bridgehead atoms. The Morgan fingerprint density at radius 2 is 1.80 bits per heavy atom. The summed E-state index contributed by atoms with van der Waals surface area (Å²) in [6, 6.07) is 13.4. The van der Waals surface area contributed by atoms with Gasteiger partial charge in [-0.3, -0.25) is 0 Å². The molecule has 2 aromatic carbocycles. The van der Waals surface area contributed by atoms with E-state index in [1.54, 1.807) is 24.3 Å². The van der Waals surface area contributed by atoms with Gasteiger partial charge < -0.3 is 10.2 Å². The third kappa shape index (κ3) is 3.07. The van der Waals surface area contributed by atoms with Crippen LogP contribution in [0.1, 0.15) is 24.0 Å². The maximum Gasteiger partial charge on any atom is 0.206 e. The molecular weight excluding hydrogens is 332 g/mol. The van der Waals surface area contributed by atoms with E-state index in [4.69, 9.17) is 0 Å². The second-order valence-corrected chi connectivity index (χ2v) is 8.98. The number of nitrogens with one attached hydrogen (secondary N) is 1. The Hall–Kier alpha value is -1.85. The molecule has 0 saturated carbocycles. The standard InChI is InChI=1S/C20H24N2O2S/c1-15-3-2-4-18(13-15)25(23,24)19-5-6-20-16(14-19)9-12-22(20)17-7-10-21-11-8-17/h2-6,13-14,17,21H,7-12H2,1H3. The van der Waals surface area contributed by atoms with Crippen molar-refractivity contribution in [3.05, 3.63) is 53.6 Å². The van der Waals surface area contributed by atoms with Gasteiger partial charge in [0.2, 0.25) is 9.84 Å². The molecule has 2 aliphatic rings. The molecule has 2 aliphatic heterocycles. The van der Waals surface area contributed by atoms with Gasteiger partial charge in [0.15, 0.2) is 0 Å². The second-order valence-electron chi connectivity index (χ2n) is 7.04. The van der Waals surface area contributed by atoms with E-state index in [9.17, 15) is 8.42 Å². The van der Waals surface area contributed by atoms with Crippen LogP contribution >= 0.6 is 0 Å². The van der Waals surface area contributed by atoms with Crippen LogP contribution in [0.3, 0.4) is 0 Å². The lowest BCUT2D eigenvalue weighted by Crippen LogP contribution is -2.42. The van der Waals surface area contributed by atoms with Crippen LogP contribution in [0, 0.1) is 6.92 Å². The molecule has 0 atom stereocenters. The first kappa shape index (κ1) is 16.6. The minimum atomic E-state index is -3.45. The predicted octanol–water partition coefficient (Wildman–Crippen LogP) is 2.94. The highest BCUT2D eigenvalue weighted by molar-refractivity contribution is 7.91. The molecule has 0 aromatic heterocycles. The van der Waals surface area contributed by atoms with Crippen molar-refractivity contribution in [2.24, 2.45) is 0 Å². The highest BCUT2D eigenvalue weighted by Crippen LogP contribution is 2.34. The molecule has 25 heavy (non-hydrogen) atoms. The Balaban J connectivity index is 1.66. The molecule has 0 unspecified atom stereocenters. The fourth-order valence-corrected chi connectivity index (χ4v) is 5.40. The Kier molecular flexibility index (Phi) is 4.29. The van der Waals surface area contributed by atoms with Crippen LogP contribution in [0.5, 0.6) is 0 Å². The second kappa shape index (κ2) is 6.46. The molecule has 4 nitrogen and oxygen atoms in total. The molecule has 1 fully saturated rings. The Bertz CT molecular complexity index is 886. The van der Waals surface area contributed by atoms with Crippen molar-refractivity contribution in [3.63, 3.8) is 0 Å². The summed E-state index contributed by atoms with van der Waals surface area (Å²) in [5, 5.41) is 3.41.